The first-order valence-electron chi connectivity index (χ1n) is 11.9. The van der Waals surface area contributed by atoms with Crippen LogP contribution in [0.4, 0.5) is 0 Å². The zero-order chi connectivity index (χ0) is 24.1. The summed E-state index contributed by atoms with van der Waals surface area (Å²) in [4.78, 5) is 41.3. The molecule has 2 heterocycles. The molecule has 2 saturated heterocycles. The minimum absolute atomic E-state index is 0.0248. The maximum absolute atomic E-state index is 13.0. The Kier molecular flexibility index (Phi) is 7.20. The SMILES string of the molecule is COc1ccc(C[C@]2(CCC(=O)N3CCN(Cc4cccc(C)c4)C(=O)C3)CCC(=O)N2)cc1. The largest absolute Gasteiger partial charge is 0.497 e. The van der Waals surface area contributed by atoms with Crippen molar-refractivity contribution in [2.45, 2.75) is 51.1 Å². The van der Waals surface area contributed by atoms with Gasteiger partial charge in [0.1, 0.15) is 5.75 Å². The summed E-state index contributed by atoms with van der Waals surface area (Å²) in [5.41, 5.74) is 2.93. The minimum Gasteiger partial charge on any atom is -0.497 e. The molecule has 0 aromatic heterocycles. The van der Waals surface area contributed by atoms with Crippen LogP contribution in [0.3, 0.4) is 0 Å². The van der Waals surface area contributed by atoms with E-state index in [0.29, 0.717) is 51.7 Å². The lowest BCUT2D eigenvalue weighted by molar-refractivity contribution is -0.145. The molecule has 2 aliphatic rings. The summed E-state index contributed by atoms with van der Waals surface area (Å²) in [6, 6.07) is 16.0. The number of rotatable bonds is 8. The molecule has 4 rings (SSSR count). The first-order valence-corrected chi connectivity index (χ1v) is 11.9. The van der Waals surface area contributed by atoms with Crippen molar-refractivity contribution in [3.8, 4) is 5.75 Å². The first-order chi connectivity index (χ1) is 16.4. The number of nitrogens with one attached hydrogen (secondary N) is 1. The smallest absolute Gasteiger partial charge is 0.242 e. The molecule has 3 amide bonds. The van der Waals surface area contributed by atoms with Crippen molar-refractivity contribution >= 4 is 17.7 Å². The molecule has 0 spiro atoms. The van der Waals surface area contributed by atoms with Gasteiger partial charge in [0.2, 0.25) is 17.7 Å². The lowest BCUT2D eigenvalue weighted by atomic mass is 9.85. The van der Waals surface area contributed by atoms with Gasteiger partial charge >= 0.3 is 0 Å². The number of methoxy groups -OCH3 is 1. The monoisotopic (exact) mass is 463 g/mol. The molecule has 2 aromatic rings. The van der Waals surface area contributed by atoms with Gasteiger partial charge in [-0.05, 0) is 49.4 Å². The van der Waals surface area contributed by atoms with Crippen LogP contribution in [-0.2, 0) is 27.3 Å². The van der Waals surface area contributed by atoms with E-state index in [1.165, 1.54) is 5.56 Å². The summed E-state index contributed by atoms with van der Waals surface area (Å²) < 4.78 is 5.23. The predicted octanol–water partition coefficient (Wildman–Crippen LogP) is 2.85. The van der Waals surface area contributed by atoms with Crippen LogP contribution in [0.2, 0.25) is 0 Å². The number of benzene rings is 2. The summed E-state index contributed by atoms with van der Waals surface area (Å²) in [5.74, 6) is 0.762. The van der Waals surface area contributed by atoms with Gasteiger partial charge in [-0.15, -0.1) is 0 Å². The zero-order valence-electron chi connectivity index (χ0n) is 20.0. The number of hydrogen-bond acceptors (Lipinski definition) is 4. The van der Waals surface area contributed by atoms with Gasteiger partial charge in [-0.25, -0.2) is 0 Å². The highest BCUT2D eigenvalue weighted by molar-refractivity contribution is 5.86. The Hall–Kier alpha value is -3.35. The molecule has 7 nitrogen and oxygen atoms in total. The molecule has 1 N–H and O–H groups in total. The molecule has 2 fully saturated rings. The molecule has 2 aliphatic heterocycles. The Labute approximate surface area is 201 Å². The van der Waals surface area contributed by atoms with E-state index in [4.69, 9.17) is 4.74 Å². The second-order valence-electron chi connectivity index (χ2n) is 9.47. The molecule has 180 valence electrons. The van der Waals surface area contributed by atoms with E-state index in [9.17, 15) is 14.4 Å². The maximum Gasteiger partial charge on any atom is 0.242 e. The van der Waals surface area contributed by atoms with E-state index in [0.717, 1.165) is 16.9 Å². The van der Waals surface area contributed by atoms with Crippen LogP contribution in [-0.4, -0.2) is 59.8 Å². The third-order valence-electron chi connectivity index (χ3n) is 6.88. The molecule has 1 atom stereocenters. The minimum atomic E-state index is -0.432. The fourth-order valence-electron chi connectivity index (χ4n) is 4.94. The average Bonchev–Trinajstić information content (AvgIpc) is 3.19. The Bertz CT molecular complexity index is 1050. The second-order valence-corrected chi connectivity index (χ2v) is 9.47. The molecule has 0 aliphatic carbocycles. The molecule has 0 bridgehead atoms. The van der Waals surface area contributed by atoms with Gasteiger partial charge < -0.3 is 19.9 Å². The first kappa shape index (κ1) is 23.8. The standard InChI is InChI=1S/C27H33N3O4/c1-20-4-3-5-22(16-20)18-29-14-15-30(19-26(29)33)25(32)11-13-27(12-10-24(31)28-27)17-21-6-8-23(34-2)9-7-21/h3-9,16H,10-15,17-19H2,1-2H3,(H,28,31)/t27-/m1/s1. The summed E-state index contributed by atoms with van der Waals surface area (Å²) in [5, 5.41) is 3.13. The highest BCUT2D eigenvalue weighted by Crippen LogP contribution is 2.30. The van der Waals surface area contributed by atoms with E-state index in [1.54, 1.807) is 12.0 Å². The third-order valence-corrected chi connectivity index (χ3v) is 6.88. The van der Waals surface area contributed by atoms with Crippen LogP contribution < -0.4 is 10.1 Å². The number of aryl methyl sites for hydroxylation is 1. The molecule has 7 heteroatoms. The number of nitrogens with zero attached hydrogens (tertiary/aromatic N) is 2. The van der Waals surface area contributed by atoms with E-state index in [-0.39, 0.29) is 24.3 Å². The lowest BCUT2D eigenvalue weighted by Crippen LogP contribution is -2.52. The highest BCUT2D eigenvalue weighted by atomic mass is 16.5. The van der Waals surface area contributed by atoms with Crippen LogP contribution >= 0.6 is 0 Å². The van der Waals surface area contributed by atoms with Crippen molar-refractivity contribution in [3.63, 3.8) is 0 Å². The highest BCUT2D eigenvalue weighted by Gasteiger charge is 2.38. The average molecular weight is 464 g/mol. The molecule has 0 unspecified atom stereocenters. The van der Waals surface area contributed by atoms with Gasteiger partial charge in [0.05, 0.1) is 13.7 Å². The summed E-state index contributed by atoms with van der Waals surface area (Å²) in [7, 11) is 1.63. The Balaban J connectivity index is 1.33. The van der Waals surface area contributed by atoms with Crippen molar-refractivity contribution < 1.29 is 19.1 Å². The quantitative estimate of drug-likeness (QED) is 0.653. The van der Waals surface area contributed by atoms with Crippen molar-refractivity contribution in [1.29, 1.82) is 0 Å². The molecule has 2 aromatic carbocycles. The number of hydrogen-bond donors (Lipinski definition) is 1. The Morgan fingerprint density at radius 1 is 1.09 bits per heavy atom. The van der Waals surface area contributed by atoms with Gasteiger partial charge in [0.25, 0.3) is 0 Å². The van der Waals surface area contributed by atoms with Crippen molar-refractivity contribution in [1.82, 2.24) is 15.1 Å². The Morgan fingerprint density at radius 2 is 1.88 bits per heavy atom. The van der Waals surface area contributed by atoms with E-state index in [1.807, 2.05) is 54.3 Å². The predicted molar refractivity (Wildman–Crippen MR) is 129 cm³/mol. The van der Waals surface area contributed by atoms with E-state index in [2.05, 4.69) is 11.4 Å². The fraction of sp³-hybridized carbons (Fsp3) is 0.444. The summed E-state index contributed by atoms with van der Waals surface area (Å²) in [6.45, 7) is 3.79. The van der Waals surface area contributed by atoms with Crippen molar-refractivity contribution in [3.05, 3.63) is 65.2 Å². The van der Waals surface area contributed by atoms with Crippen LogP contribution in [0.1, 0.15) is 42.4 Å². The van der Waals surface area contributed by atoms with Gasteiger partial charge in [-0.1, -0.05) is 42.0 Å². The maximum atomic E-state index is 13.0. The second kappa shape index (κ2) is 10.3. The molecule has 0 saturated carbocycles. The molecule has 0 radical (unpaired) electrons. The normalized spacial score (nSPS) is 20.4. The van der Waals surface area contributed by atoms with Crippen molar-refractivity contribution in [2.75, 3.05) is 26.7 Å². The molecular weight excluding hydrogens is 430 g/mol. The van der Waals surface area contributed by atoms with Gasteiger partial charge in [-0.2, -0.15) is 0 Å². The van der Waals surface area contributed by atoms with Crippen molar-refractivity contribution in [2.24, 2.45) is 0 Å². The Morgan fingerprint density at radius 3 is 2.53 bits per heavy atom. The van der Waals surface area contributed by atoms with Gasteiger partial charge in [0, 0.05) is 38.0 Å². The summed E-state index contributed by atoms with van der Waals surface area (Å²) in [6.07, 6.45) is 2.71. The van der Waals surface area contributed by atoms with E-state index >= 15 is 0 Å². The number of carbonyl (C=O) groups excluding carboxylic acids is 3. The van der Waals surface area contributed by atoms with Gasteiger partial charge in [-0.3, -0.25) is 14.4 Å². The number of carbonyl (C=O) groups is 3. The molecular formula is C27H33N3O4. The topological polar surface area (TPSA) is 79.0 Å². The zero-order valence-corrected chi connectivity index (χ0v) is 20.0. The third kappa shape index (κ3) is 5.76. The van der Waals surface area contributed by atoms with Crippen LogP contribution in [0.25, 0.3) is 0 Å². The number of ether oxygens (including phenoxy) is 1. The summed E-state index contributed by atoms with van der Waals surface area (Å²) >= 11 is 0. The van der Waals surface area contributed by atoms with Gasteiger partial charge in [0.15, 0.2) is 0 Å². The fourth-order valence-corrected chi connectivity index (χ4v) is 4.94. The number of piperazine rings is 1. The van der Waals surface area contributed by atoms with Crippen LogP contribution in [0.5, 0.6) is 5.75 Å². The van der Waals surface area contributed by atoms with Crippen LogP contribution in [0.15, 0.2) is 48.5 Å². The van der Waals surface area contributed by atoms with E-state index < -0.39 is 5.54 Å². The molecule has 34 heavy (non-hydrogen) atoms. The lowest BCUT2D eigenvalue weighted by Gasteiger charge is -2.35. The number of amides is 3. The van der Waals surface area contributed by atoms with Crippen LogP contribution in [0, 0.1) is 6.92 Å².